The average Bonchev–Trinajstić information content (AvgIpc) is 2.33. The van der Waals surface area contributed by atoms with Crippen LogP contribution in [0.5, 0.6) is 0 Å². The highest BCUT2D eigenvalue weighted by molar-refractivity contribution is 8.13. The fraction of sp³-hybridized carbons (Fsp3) is 0.364. The minimum absolute atomic E-state index is 0.185. The molecule has 20 heavy (non-hydrogen) atoms. The first-order valence-corrected chi connectivity index (χ1v) is 8.10. The van der Waals surface area contributed by atoms with Crippen molar-refractivity contribution in [1.29, 1.82) is 0 Å². The van der Waals surface area contributed by atoms with Crippen LogP contribution in [0.4, 0.5) is 4.39 Å². The smallest absolute Gasteiger partial charge is 0.264 e. The number of hydrogen-bond donors (Lipinski definition) is 1. The van der Waals surface area contributed by atoms with Gasteiger partial charge in [0, 0.05) is 24.3 Å². The van der Waals surface area contributed by atoms with Gasteiger partial charge in [-0.2, -0.15) is 0 Å². The Labute approximate surface area is 125 Å². The lowest BCUT2D eigenvalue weighted by Crippen LogP contribution is -2.31. The molecule has 0 saturated carbocycles. The number of hydrogen-bond acceptors (Lipinski definition) is 4. The summed E-state index contributed by atoms with van der Waals surface area (Å²) in [4.78, 5) is 11.1. The fourth-order valence-corrected chi connectivity index (χ4v) is 2.45. The van der Waals surface area contributed by atoms with Crippen LogP contribution in [0.25, 0.3) is 0 Å². The molecule has 0 aliphatic carbocycles. The number of methoxy groups -OCH3 is 1. The standard InChI is InChI=1S/C11H12Cl2FNO4S/c1-6(19-2)5-15-11(16)7-3-10(20(13,17)18)9(14)4-8(7)12/h3-4,6H,5H2,1-2H3,(H,15,16). The van der Waals surface area contributed by atoms with Crippen molar-refractivity contribution in [2.45, 2.75) is 17.9 Å². The van der Waals surface area contributed by atoms with Crippen molar-refractivity contribution < 1.29 is 22.3 Å². The number of nitrogens with one attached hydrogen (secondary N) is 1. The van der Waals surface area contributed by atoms with Crippen LogP contribution in [-0.2, 0) is 13.8 Å². The summed E-state index contributed by atoms with van der Waals surface area (Å²) < 4.78 is 40.8. The van der Waals surface area contributed by atoms with E-state index in [1.165, 1.54) is 7.11 Å². The Morgan fingerprint density at radius 1 is 1.50 bits per heavy atom. The average molecular weight is 344 g/mol. The molecular formula is C11H12Cl2FNO4S. The van der Waals surface area contributed by atoms with E-state index in [1.54, 1.807) is 6.92 Å². The van der Waals surface area contributed by atoms with Gasteiger partial charge in [0.2, 0.25) is 0 Å². The zero-order valence-electron chi connectivity index (χ0n) is 10.6. The molecule has 0 aliphatic rings. The van der Waals surface area contributed by atoms with Gasteiger partial charge in [0.1, 0.15) is 10.7 Å². The van der Waals surface area contributed by atoms with Gasteiger partial charge < -0.3 is 10.1 Å². The quantitative estimate of drug-likeness (QED) is 0.831. The first kappa shape index (κ1) is 17.2. The van der Waals surface area contributed by atoms with Crippen LogP contribution < -0.4 is 5.32 Å². The Balaban J connectivity index is 3.10. The SMILES string of the molecule is COC(C)CNC(=O)c1cc(S(=O)(=O)Cl)c(F)cc1Cl. The van der Waals surface area contributed by atoms with E-state index in [0.29, 0.717) is 0 Å². The molecule has 0 saturated heterocycles. The predicted octanol–water partition coefficient (Wildman–Crippen LogP) is 2.17. The molecule has 1 rings (SSSR count). The molecule has 112 valence electrons. The summed E-state index contributed by atoms with van der Waals surface area (Å²) in [6.45, 7) is 1.91. The first-order valence-electron chi connectivity index (χ1n) is 5.41. The van der Waals surface area contributed by atoms with Gasteiger partial charge in [-0.3, -0.25) is 4.79 Å². The summed E-state index contributed by atoms with van der Waals surface area (Å²) in [7, 11) is 2.24. The molecule has 1 unspecified atom stereocenters. The van der Waals surface area contributed by atoms with Gasteiger partial charge in [0.05, 0.1) is 16.7 Å². The third-order valence-corrected chi connectivity index (χ3v) is 4.13. The molecular weight excluding hydrogens is 332 g/mol. The number of carbonyl (C=O) groups excluding carboxylic acids is 1. The van der Waals surface area contributed by atoms with E-state index in [4.69, 9.17) is 27.0 Å². The Morgan fingerprint density at radius 2 is 2.10 bits per heavy atom. The van der Waals surface area contributed by atoms with Crippen molar-refractivity contribution in [3.05, 3.63) is 28.5 Å². The molecule has 5 nitrogen and oxygen atoms in total. The Hall–Kier alpha value is -0.890. The number of halogens is 3. The highest BCUT2D eigenvalue weighted by Gasteiger charge is 2.22. The van der Waals surface area contributed by atoms with Gasteiger partial charge in [0.25, 0.3) is 15.0 Å². The third kappa shape index (κ3) is 4.31. The van der Waals surface area contributed by atoms with Crippen LogP contribution >= 0.6 is 22.3 Å². The summed E-state index contributed by atoms with van der Waals surface area (Å²) in [5.41, 5.74) is -0.185. The third-order valence-electron chi connectivity index (χ3n) is 2.48. The molecule has 1 N–H and O–H groups in total. The molecule has 0 heterocycles. The van der Waals surface area contributed by atoms with E-state index in [1.807, 2.05) is 0 Å². The Kier molecular flexibility index (Phi) is 5.76. The number of ether oxygens (including phenoxy) is 1. The second kappa shape index (κ2) is 6.71. The van der Waals surface area contributed by atoms with Gasteiger partial charge in [-0.25, -0.2) is 12.8 Å². The molecule has 0 aromatic heterocycles. The largest absolute Gasteiger partial charge is 0.380 e. The summed E-state index contributed by atoms with van der Waals surface area (Å²) in [6.07, 6.45) is -0.241. The molecule has 1 aromatic carbocycles. The zero-order valence-corrected chi connectivity index (χ0v) is 12.9. The van der Waals surface area contributed by atoms with Crippen LogP contribution in [0.2, 0.25) is 5.02 Å². The summed E-state index contributed by atoms with van der Waals surface area (Å²) in [6, 6.07) is 1.53. The van der Waals surface area contributed by atoms with Gasteiger partial charge in [-0.05, 0) is 19.1 Å². The normalized spacial score (nSPS) is 13.1. The highest BCUT2D eigenvalue weighted by Crippen LogP contribution is 2.26. The second-order valence-electron chi connectivity index (χ2n) is 3.96. The van der Waals surface area contributed by atoms with Crippen molar-refractivity contribution in [2.24, 2.45) is 0 Å². The van der Waals surface area contributed by atoms with Crippen molar-refractivity contribution in [3.8, 4) is 0 Å². The number of rotatable bonds is 5. The summed E-state index contributed by atoms with van der Waals surface area (Å²) in [5, 5.41) is 2.27. The Bertz CT molecular complexity index is 621. The van der Waals surface area contributed by atoms with Gasteiger partial charge in [-0.1, -0.05) is 11.6 Å². The van der Waals surface area contributed by atoms with Crippen molar-refractivity contribution >= 4 is 37.2 Å². The predicted molar refractivity (Wildman–Crippen MR) is 73.3 cm³/mol. The van der Waals surface area contributed by atoms with E-state index < -0.39 is 25.7 Å². The Morgan fingerprint density at radius 3 is 2.60 bits per heavy atom. The topological polar surface area (TPSA) is 72.5 Å². The lowest BCUT2D eigenvalue weighted by atomic mass is 10.2. The minimum Gasteiger partial charge on any atom is -0.380 e. The maximum Gasteiger partial charge on any atom is 0.264 e. The summed E-state index contributed by atoms with van der Waals surface area (Å²) in [5.74, 6) is -1.77. The fourth-order valence-electron chi connectivity index (χ4n) is 1.30. The lowest BCUT2D eigenvalue weighted by Gasteiger charge is -2.12. The minimum atomic E-state index is -4.31. The van der Waals surface area contributed by atoms with E-state index in [9.17, 15) is 17.6 Å². The lowest BCUT2D eigenvalue weighted by molar-refractivity contribution is 0.0870. The van der Waals surface area contributed by atoms with E-state index in [-0.39, 0.29) is 23.2 Å². The molecule has 0 spiro atoms. The number of amides is 1. The molecule has 1 aromatic rings. The second-order valence-corrected chi connectivity index (χ2v) is 6.90. The van der Waals surface area contributed by atoms with Crippen LogP contribution in [0.15, 0.2) is 17.0 Å². The first-order chi connectivity index (χ1) is 9.16. The highest BCUT2D eigenvalue weighted by atomic mass is 35.7. The van der Waals surface area contributed by atoms with E-state index in [0.717, 1.165) is 12.1 Å². The van der Waals surface area contributed by atoms with Crippen molar-refractivity contribution in [2.75, 3.05) is 13.7 Å². The molecule has 9 heteroatoms. The number of benzene rings is 1. The van der Waals surface area contributed by atoms with E-state index >= 15 is 0 Å². The molecule has 1 atom stereocenters. The van der Waals surface area contributed by atoms with Crippen LogP contribution in [0.1, 0.15) is 17.3 Å². The number of carbonyl (C=O) groups is 1. The van der Waals surface area contributed by atoms with E-state index in [2.05, 4.69) is 5.32 Å². The van der Waals surface area contributed by atoms with Crippen molar-refractivity contribution in [3.63, 3.8) is 0 Å². The van der Waals surface area contributed by atoms with Crippen LogP contribution in [0, 0.1) is 5.82 Å². The van der Waals surface area contributed by atoms with Crippen LogP contribution in [0.3, 0.4) is 0 Å². The van der Waals surface area contributed by atoms with Gasteiger partial charge in [0.15, 0.2) is 0 Å². The van der Waals surface area contributed by atoms with Crippen LogP contribution in [-0.4, -0.2) is 34.1 Å². The van der Waals surface area contributed by atoms with Gasteiger partial charge in [-0.15, -0.1) is 0 Å². The van der Waals surface area contributed by atoms with Crippen molar-refractivity contribution in [1.82, 2.24) is 5.32 Å². The zero-order chi connectivity index (χ0) is 15.5. The summed E-state index contributed by atoms with van der Waals surface area (Å²) >= 11 is 5.73. The monoisotopic (exact) mass is 343 g/mol. The van der Waals surface area contributed by atoms with Gasteiger partial charge >= 0.3 is 0 Å². The molecule has 0 bridgehead atoms. The molecule has 0 radical (unpaired) electrons. The molecule has 0 aliphatic heterocycles. The maximum atomic E-state index is 13.5. The molecule has 0 fully saturated rings. The maximum absolute atomic E-state index is 13.5. The molecule has 1 amide bonds.